The van der Waals surface area contributed by atoms with Crippen molar-refractivity contribution >= 4 is 21.7 Å². The highest BCUT2D eigenvalue weighted by Gasteiger charge is 2.28. The second-order valence-electron chi connectivity index (χ2n) is 9.94. The predicted octanol–water partition coefficient (Wildman–Crippen LogP) is 3.82. The Morgan fingerprint density at radius 3 is 2.03 bits per heavy atom. The SMILES string of the molecule is Cc1cc(C)c(-c2ccc(N3CCN(C(=O)c4ccc(S(=O)(=O)N5CCCC5)cc4)CC3)nn2)cc1C. The summed E-state index contributed by atoms with van der Waals surface area (Å²) < 4.78 is 27.0. The number of benzene rings is 2. The molecule has 2 aliphatic heterocycles. The van der Waals surface area contributed by atoms with E-state index >= 15 is 0 Å². The summed E-state index contributed by atoms with van der Waals surface area (Å²) in [5, 5.41) is 8.97. The molecule has 1 amide bonds. The van der Waals surface area contributed by atoms with Crippen molar-refractivity contribution in [1.29, 1.82) is 0 Å². The monoisotopic (exact) mass is 519 g/mol. The summed E-state index contributed by atoms with van der Waals surface area (Å²) in [5.41, 5.74) is 6.13. The molecule has 2 fully saturated rings. The van der Waals surface area contributed by atoms with Gasteiger partial charge in [0.05, 0.1) is 10.6 Å². The van der Waals surface area contributed by atoms with Crippen LogP contribution in [0.3, 0.4) is 0 Å². The van der Waals surface area contributed by atoms with Crippen LogP contribution >= 0.6 is 0 Å². The molecule has 0 radical (unpaired) electrons. The van der Waals surface area contributed by atoms with E-state index in [0.717, 1.165) is 29.9 Å². The molecule has 0 spiro atoms. The van der Waals surface area contributed by atoms with Crippen molar-refractivity contribution in [3.05, 3.63) is 70.8 Å². The lowest BCUT2D eigenvalue weighted by Crippen LogP contribution is -2.49. The van der Waals surface area contributed by atoms with E-state index in [1.807, 2.05) is 12.1 Å². The first-order valence-electron chi connectivity index (χ1n) is 12.8. The molecule has 2 aliphatic rings. The van der Waals surface area contributed by atoms with Crippen LogP contribution in [0.25, 0.3) is 11.3 Å². The molecule has 0 unspecified atom stereocenters. The minimum atomic E-state index is -3.48. The number of carbonyl (C=O) groups is 1. The molecule has 0 saturated carbocycles. The minimum absolute atomic E-state index is 0.0866. The zero-order valence-electron chi connectivity index (χ0n) is 21.6. The van der Waals surface area contributed by atoms with Crippen LogP contribution in [0.5, 0.6) is 0 Å². The van der Waals surface area contributed by atoms with E-state index in [1.165, 1.54) is 21.0 Å². The number of rotatable bonds is 5. The van der Waals surface area contributed by atoms with Crippen molar-refractivity contribution in [2.45, 2.75) is 38.5 Å². The molecule has 194 valence electrons. The van der Waals surface area contributed by atoms with Gasteiger partial charge in [0.2, 0.25) is 10.0 Å². The van der Waals surface area contributed by atoms with E-state index in [0.29, 0.717) is 44.8 Å². The highest BCUT2D eigenvalue weighted by atomic mass is 32.2. The summed E-state index contributed by atoms with van der Waals surface area (Å²) >= 11 is 0. The summed E-state index contributed by atoms with van der Waals surface area (Å²) in [6, 6.07) is 14.7. The molecule has 2 saturated heterocycles. The Kier molecular flexibility index (Phi) is 7.00. The molecule has 0 N–H and O–H groups in total. The van der Waals surface area contributed by atoms with Crippen LogP contribution in [0.2, 0.25) is 0 Å². The van der Waals surface area contributed by atoms with E-state index < -0.39 is 10.0 Å². The number of aromatic nitrogens is 2. The summed E-state index contributed by atoms with van der Waals surface area (Å²) in [5.74, 6) is 0.713. The molecule has 5 rings (SSSR count). The van der Waals surface area contributed by atoms with Gasteiger partial charge in [-0.2, -0.15) is 4.31 Å². The van der Waals surface area contributed by atoms with E-state index in [1.54, 1.807) is 29.2 Å². The second kappa shape index (κ2) is 10.2. The van der Waals surface area contributed by atoms with Crippen LogP contribution in [0.4, 0.5) is 5.82 Å². The largest absolute Gasteiger partial charge is 0.352 e. The number of sulfonamides is 1. The Labute approximate surface area is 219 Å². The molecule has 0 aliphatic carbocycles. The summed E-state index contributed by atoms with van der Waals surface area (Å²) in [6.07, 6.45) is 1.78. The van der Waals surface area contributed by atoms with Crippen LogP contribution in [-0.4, -0.2) is 73.0 Å². The fourth-order valence-corrected chi connectivity index (χ4v) is 6.56. The van der Waals surface area contributed by atoms with Gasteiger partial charge in [0.1, 0.15) is 0 Å². The first kappa shape index (κ1) is 25.4. The number of nitrogens with zero attached hydrogens (tertiary/aromatic N) is 5. The highest BCUT2D eigenvalue weighted by Crippen LogP contribution is 2.26. The van der Waals surface area contributed by atoms with Crippen LogP contribution in [-0.2, 0) is 10.0 Å². The molecule has 2 aromatic carbocycles. The first-order chi connectivity index (χ1) is 17.7. The van der Waals surface area contributed by atoms with E-state index in [4.69, 9.17) is 0 Å². The first-order valence-corrected chi connectivity index (χ1v) is 14.2. The lowest BCUT2D eigenvalue weighted by molar-refractivity contribution is 0.0746. The van der Waals surface area contributed by atoms with Gasteiger partial charge in [-0.25, -0.2) is 8.42 Å². The van der Waals surface area contributed by atoms with E-state index in [-0.39, 0.29) is 10.8 Å². The van der Waals surface area contributed by atoms with Crippen LogP contribution in [0, 0.1) is 20.8 Å². The lowest BCUT2D eigenvalue weighted by atomic mass is 9.99. The van der Waals surface area contributed by atoms with E-state index in [9.17, 15) is 13.2 Å². The molecule has 37 heavy (non-hydrogen) atoms. The number of amides is 1. The molecule has 1 aromatic heterocycles. The van der Waals surface area contributed by atoms with Crippen molar-refractivity contribution < 1.29 is 13.2 Å². The van der Waals surface area contributed by atoms with Gasteiger partial charge in [0.25, 0.3) is 5.91 Å². The molecule has 9 heteroatoms. The number of hydrogen-bond acceptors (Lipinski definition) is 6. The highest BCUT2D eigenvalue weighted by molar-refractivity contribution is 7.89. The molecular formula is C28H33N5O3S. The smallest absolute Gasteiger partial charge is 0.253 e. The van der Waals surface area contributed by atoms with Crippen molar-refractivity contribution in [3.63, 3.8) is 0 Å². The number of piperazine rings is 1. The van der Waals surface area contributed by atoms with Gasteiger partial charge in [0, 0.05) is 50.4 Å². The Bertz CT molecular complexity index is 1390. The van der Waals surface area contributed by atoms with Crippen molar-refractivity contribution in [3.8, 4) is 11.3 Å². The maximum atomic E-state index is 13.1. The third-order valence-corrected chi connectivity index (χ3v) is 9.37. The van der Waals surface area contributed by atoms with Crippen LogP contribution < -0.4 is 4.90 Å². The van der Waals surface area contributed by atoms with Gasteiger partial charge in [-0.1, -0.05) is 6.07 Å². The number of carbonyl (C=O) groups excluding carboxylic acids is 1. The van der Waals surface area contributed by atoms with Gasteiger partial charge in [0.15, 0.2) is 5.82 Å². The molecule has 3 aromatic rings. The Hall–Kier alpha value is -3.30. The third-order valence-electron chi connectivity index (χ3n) is 7.46. The van der Waals surface area contributed by atoms with Gasteiger partial charge < -0.3 is 9.80 Å². The summed E-state index contributed by atoms with van der Waals surface area (Å²) in [6.45, 7) is 9.86. The van der Waals surface area contributed by atoms with Crippen LogP contribution in [0.15, 0.2) is 53.4 Å². The average Bonchev–Trinajstić information content (AvgIpc) is 3.47. The quantitative estimate of drug-likeness (QED) is 0.510. The maximum absolute atomic E-state index is 13.1. The third kappa shape index (κ3) is 5.10. The maximum Gasteiger partial charge on any atom is 0.253 e. The predicted molar refractivity (Wildman–Crippen MR) is 144 cm³/mol. The molecular weight excluding hydrogens is 486 g/mol. The van der Waals surface area contributed by atoms with E-state index in [2.05, 4.69) is 48.0 Å². The topological polar surface area (TPSA) is 86.7 Å². The Morgan fingerprint density at radius 1 is 0.757 bits per heavy atom. The zero-order valence-corrected chi connectivity index (χ0v) is 22.5. The van der Waals surface area contributed by atoms with Crippen LogP contribution in [0.1, 0.15) is 39.9 Å². The lowest BCUT2D eigenvalue weighted by Gasteiger charge is -2.35. The summed E-state index contributed by atoms with van der Waals surface area (Å²) in [4.78, 5) is 17.3. The number of hydrogen-bond donors (Lipinski definition) is 0. The molecule has 0 atom stereocenters. The minimum Gasteiger partial charge on any atom is -0.352 e. The van der Waals surface area contributed by atoms with Gasteiger partial charge >= 0.3 is 0 Å². The molecule has 8 nitrogen and oxygen atoms in total. The Balaban J connectivity index is 1.21. The molecule has 3 heterocycles. The fraction of sp³-hybridized carbons (Fsp3) is 0.393. The van der Waals surface area contributed by atoms with Crippen molar-refractivity contribution in [2.24, 2.45) is 0 Å². The number of anilines is 1. The Morgan fingerprint density at radius 2 is 1.41 bits per heavy atom. The number of aryl methyl sites for hydroxylation is 3. The van der Waals surface area contributed by atoms with Gasteiger partial charge in [-0.15, -0.1) is 10.2 Å². The summed E-state index contributed by atoms with van der Waals surface area (Å²) in [7, 11) is -3.48. The zero-order chi connectivity index (χ0) is 26.2. The standard InChI is InChI=1S/C28H33N5O3S/c1-20-18-22(3)25(19-21(20)2)26-10-11-27(30-29-26)31-14-16-32(17-15-31)28(34)23-6-8-24(9-7-23)37(35,36)33-12-4-5-13-33/h6-11,18-19H,4-5,12-17H2,1-3H3. The molecule has 0 bridgehead atoms. The second-order valence-corrected chi connectivity index (χ2v) is 11.9. The van der Waals surface area contributed by atoms with Crippen molar-refractivity contribution in [1.82, 2.24) is 19.4 Å². The average molecular weight is 520 g/mol. The van der Waals surface area contributed by atoms with Crippen molar-refractivity contribution in [2.75, 3.05) is 44.2 Å². The fourth-order valence-electron chi connectivity index (χ4n) is 5.04. The van der Waals surface area contributed by atoms with Gasteiger partial charge in [-0.05, 0) is 92.8 Å². The van der Waals surface area contributed by atoms with Gasteiger partial charge in [-0.3, -0.25) is 4.79 Å². The normalized spacial score (nSPS) is 16.8.